The first-order valence-electron chi connectivity index (χ1n) is 6.28. The van der Waals surface area contributed by atoms with Crippen molar-refractivity contribution in [3.05, 3.63) is 58.9 Å². The molecule has 0 atom stereocenters. The third kappa shape index (κ3) is 2.45. The number of halogens is 1. The van der Waals surface area contributed by atoms with Crippen molar-refractivity contribution in [2.45, 2.75) is 33.6 Å². The lowest BCUT2D eigenvalue weighted by Gasteiger charge is -2.14. The molecule has 0 bridgehead atoms. The van der Waals surface area contributed by atoms with Crippen molar-refractivity contribution in [1.82, 2.24) is 0 Å². The highest BCUT2D eigenvalue weighted by molar-refractivity contribution is 5.69. The fraction of sp³-hybridized carbons (Fsp3) is 0.294. The van der Waals surface area contributed by atoms with Gasteiger partial charge in [-0.1, -0.05) is 49.2 Å². The molecule has 1 heteroatoms. The fourth-order valence-corrected chi connectivity index (χ4v) is 2.41. The van der Waals surface area contributed by atoms with Crippen LogP contribution in [0, 0.1) is 25.7 Å². The van der Waals surface area contributed by atoms with E-state index in [4.69, 9.17) is 0 Å². The molecule has 2 aromatic rings. The van der Waals surface area contributed by atoms with Gasteiger partial charge in [0.05, 0.1) is 0 Å². The van der Waals surface area contributed by atoms with Gasteiger partial charge in [0, 0.05) is 0 Å². The summed E-state index contributed by atoms with van der Waals surface area (Å²) < 4.78 is 14.0. The summed E-state index contributed by atoms with van der Waals surface area (Å²) in [5.41, 5.74) is 5.07. The second-order valence-corrected chi connectivity index (χ2v) is 5.15. The van der Waals surface area contributed by atoms with Crippen LogP contribution in [-0.4, -0.2) is 0 Å². The highest BCUT2D eigenvalue weighted by atomic mass is 19.1. The second-order valence-electron chi connectivity index (χ2n) is 5.15. The maximum absolute atomic E-state index is 14.0. The van der Waals surface area contributed by atoms with E-state index in [1.807, 2.05) is 13.8 Å². The number of aryl methyl sites for hydroxylation is 2. The maximum atomic E-state index is 14.0. The molecular weight excluding hydrogens is 223 g/mol. The van der Waals surface area contributed by atoms with E-state index in [9.17, 15) is 4.39 Å². The molecule has 0 aliphatic heterocycles. The van der Waals surface area contributed by atoms with Crippen LogP contribution in [0.4, 0.5) is 4.39 Å². The molecule has 0 saturated carbocycles. The summed E-state index contributed by atoms with van der Waals surface area (Å²) in [7, 11) is 0. The number of benzene rings is 2. The molecule has 0 unspecified atom stereocenters. The Morgan fingerprint density at radius 2 is 1.67 bits per heavy atom. The van der Waals surface area contributed by atoms with Crippen LogP contribution in [0.25, 0.3) is 11.1 Å². The van der Waals surface area contributed by atoms with Crippen molar-refractivity contribution < 1.29 is 4.39 Å². The van der Waals surface area contributed by atoms with Crippen LogP contribution in [0.3, 0.4) is 0 Å². The largest absolute Gasteiger partial charge is 0.207 e. The highest BCUT2D eigenvalue weighted by Gasteiger charge is 2.14. The first kappa shape index (κ1) is 12.8. The Balaban J connectivity index is 2.67. The van der Waals surface area contributed by atoms with Gasteiger partial charge in [-0.3, -0.25) is 0 Å². The van der Waals surface area contributed by atoms with Crippen molar-refractivity contribution in [3.63, 3.8) is 0 Å². The Bertz CT molecular complexity index is 548. The molecule has 2 aromatic carbocycles. The van der Waals surface area contributed by atoms with Crippen LogP contribution in [0.5, 0.6) is 0 Å². The Labute approximate surface area is 108 Å². The Morgan fingerprint density at radius 1 is 1.06 bits per heavy atom. The van der Waals surface area contributed by atoms with E-state index in [1.165, 1.54) is 17.2 Å². The normalized spacial score (nSPS) is 11.0. The van der Waals surface area contributed by atoms with Gasteiger partial charge in [0.25, 0.3) is 0 Å². The lowest BCUT2D eigenvalue weighted by atomic mass is 9.91. The number of rotatable bonds is 2. The van der Waals surface area contributed by atoms with E-state index in [2.05, 4.69) is 38.1 Å². The Hall–Kier alpha value is -1.63. The second kappa shape index (κ2) is 4.93. The van der Waals surface area contributed by atoms with Gasteiger partial charge >= 0.3 is 0 Å². The van der Waals surface area contributed by atoms with Gasteiger partial charge in [0.2, 0.25) is 0 Å². The van der Waals surface area contributed by atoms with Crippen LogP contribution >= 0.6 is 0 Å². The molecule has 2 rings (SSSR count). The molecule has 0 heterocycles. The van der Waals surface area contributed by atoms with Crippen LogP contribution in [-0.2, 0) is 0 Å². The molecular formula is C17H18F. The van der Waals surface area contributed by atoms with Crippen molar-refractivity contribution in [3.8, 4) is 11.1 Å². The zero-order chi connectivity index (χ0) is 13.3. The van der Waals surface area contributed by atoms with E-state index in [-0.39, 0.29) is 11.7 Å². The molecule has 0 saturated heterocycles. The molecule has 0 spiro atoms. The van der Waals surface area contributed by atoms with Crippen molar-refractivity contribution in [2.75, 3.05) is 0 Å². The standard InChI is InChI=1S/C17H18F/c1-11(2)17-15(6-5-7-16(17)18)14-9-12(3)8-13(4)10-14/h5,7-11H,1-4H3. The van der Waals surface area contributed by atoms with Crippen LogP contribution < -0.4 is 0 Å². The van der Waals surface area contributed by atoms with Gasteiger partial charge in [-0.05, 0) is 48.6 Å². The Kier molecular flexibility index (Phi) is 3.51. The summed E-state index contributed by atoms with van der Waals surface area (Å²) in [6, 6.07) is 12.6. The van der Waals surface area contributed by atoms with E-state index < -0.39 is 0 Å². The van der Waals surface area contributed by atoms with Crippen molar-refractivity contribution >= 4 is 0 Å². The van der Waals surface area contributed by atoms with E-state index in [0.717, 1.165) is 16.7 Å². The first-order chi connectivity index (χ1) is 8.49. The van der Waals surface area contributed by atoms with Gasteiger partial charge in [0.15, 0.2) is 0 Å². The van der Waals surface area contributed by atoms with Gasteiger partial charge in [-0.2, -0.15) is 0 Å². The quantitative estimate of drug-likeness (QED) is 0.691. The predicted molar refractivity (Wildman–Crippen MR) is 74.2 cm³/mol. The summed E-state index contributed by atoms with van der Waals surface area (Å²) in [4.78, 5) is 0. The minimum atomic E-state index is -0.141. The van der Waals surface area contributed by atoms with E-state index in [1.54, 1.807) is 6.07 Å². The summed E-state index contributed by atoms with van der Waals surface area (Å²) in [6.45, 7) is 8.15. The molecule has 0 aromatic heterocycles. The average molecular weight is 241 g/mol. The number of hydrogen-bond acceptors (Lipinski definition) is 0. The van der Waals surface area contributed by atoms with Gasteiger partial charge < -0.3 is 0 Å². The molecule has 0 aliphatic rings. The van der Waals surface area contributed by atoms with Crippen LogP contribution in [0.1, 0.15) is 36.5 Å². The molecule has 0 fully saturated rings. The SMILES string of the molecule is Cc1cc(C)cc(-c2[c]ccc(F)c2C(C)C)c1. The predicted octanol–water partition coefficient (Wildman–Crippen LogP) is 5.03. The number of hydrogen-bond donors (Lipinski definition) is 0. The van der Waals surface area contributed by atoms with Gasteiger partial charge in [-0.25, -0.2) is 4.39 Å². The molecule has 0 amide bonds. The lowest BCUT2D eigenvalue weighted by molar-refractivity contribution is 0.599. The minimum Gasteiger partial charge on any atom is -0.207 e. The van der Waals surface area contributed by atoms with Crippen molar-refractivity contribution in [2.24, 2.45) is 0 Å². The first-order valence-corrected chi connectivity index (χ1v) is 6.28. The Morgan fingerprint density at radius 3 is 2.22 bits per heavy atom. The molecule has 93 valence electrons. The molecule has 1 radical (unpaired) electrons. The summed E-state index contributed by atoms with van der Waals surface area (Å²) >= 11 is 0. The molecule has 18 heavy (non-hydrogen) atoms. The van der Waals surface area contributed by atoms with Crippen molar-refractivity contribution in [1.29, 1.82) is 0 Å². The average Bonchev–Trinajstić information content (AvgIpc) is 2.26. The molecule has 0 nitrogen and oxygen atoms in total. The maximum Gasteiger partial charge on any atom is 0.127 e. The summed E-state index contributed by atoms with van der Waals surface area (Å²) in [5, 5.41) is 0. The zero-order valence-electron chi connectivity index (χ0n) is 11.3. The molecule has 0 aliphatic carbocycles. The highest BCUT2D eigenvalue weighted by Crippen LogP contribution is 2.31. The lowest BCUT2D eigenvalue weighted by Crippen LogP contribution is -1.97. The third-order valence-corrected chi connectivity index (χ3v) is 3.07. The molecule has 0 N–H and O–H groups in total. The summed E-state index contributed by atoms with van der Waals surface area (Å²) in [6.07, 6.45) is 0. The monoisotopic (exact) mass is 241 g/mol. The van der Waals surface area contributed by atoms with E-state index in [0.29, 0.717) is 0 Å². The van der Waals surface area contributed by atoms with Crippen LogP contribution in [0.15, 0.2) is 30.3 Å². The third-order valence-electron chi connectivity index (χ3n) is 3.07. The van der Waals surface area contributed by atoms with Gasteiger partial charge in [-0.15, -0.1) is 0 Å². The van der Waals surface area contributed by atoms with Crippen LogP contribution in [0.2, 0.25) is 0 Å². The topological polar surface area (TPSA) is 0 Å². The fourth-order valence-electron chi connectivity index (χ4n) is 2.41. The van der Waals surface area contributed by atoms with Gasteiger partial charge in [0.1, 0.15) is 5.82 Å². The summed E-state index contributed by atoms with van der Waals surface area (Å²) in [5.74, 6) is 0.0103. The minimum absolute atomic E-state index is 0.141. The zero-order valence-corrected chi connectivity index (χ0v) is 11.3. The smallest absolute Gasteiger partial charge is 0.127 e. The van der Waals surface area contributed by atoms with E-state index >= 15 is 0 Å².